The van der Waals surface area contributed by atoms with Crippen LogP contribution in [0.15, 0.2) is 203 Å². The van der Waals surface area contributed by atoms with Crippen molar-refractivity contribution < 1.29 is 8.83 Å². The van der Waals surface area contributed by atoms with Crippen LogP contribution < -0.4 is 0 Å². The first-order chi connectivity index (χ1) is 27.7. The summed E-state index contributed by atoms with van der Waals surface area (Å²) in [6.45, 7) is 0. The Morgan fingerprint density at radius 1 is 0.268 bits per heavy atom. The van der Waals surface area contributed by atoms with Gasteiger partial charge in [0.2, 0.25) is 0 Å². The van der Waals surface area contributed by atoms with E-state index in [4.69, 9.17) is 18.8 Å². The average Bonchev–Trinajstić information content (AvgIpc) is 3.83. The summed E-state index contributed by atoms with van der Waals surface area (Å²) in [4.78, 5) is 9.53. The molecule has 0 aliphatic carbocycles. The maximum absolute atomic E-state index is 6.34. The van der Waals surface area contributed by atoms with Gasteiger partial charge in [0.1, 0.15) is 22.3 Å². The molecule has 4 heteroatoms. The number of furan rings is 2. The van der Waals surface area contributed by atoms with Crippen molar-refractivity contribution in [1.29, 1.82) is 0 Å². The largest absolute Gasteiger partial charge is 0.456 e. The molecular formula is C52H32N2O2. The number of para-hydroxylation sites is 2. The molecule has 11 rings (SSSR count). The van der Waals surface area contributed by atoms with Crippen molar-refractivity contribution in [2.75, 3.05) is 0 Å². The molecule has 0 atom stereocenters. The molecule has 0 N–H and O–H groups in total. The van der Waals surface area contributed by atoms with Gasteiger partial charge < -0.3 is 8.83 Å². The van der Waals surface area contributed by atoms with Gasteiger partial charge in [0.25, 0.3) is 0 Å². The van der Waals surface area contributed by atoms with Gasteiger partial charge in [0, 0.05) is 45.1 Å². The van der Waals surface area contributed by atoms with Crippen molar-refractivity contribution in [3.8, 4) is 67.0 Å². The van der Waals surface area contributed by atoms with E-state index in [0.29, 0.717) is 0 Å². The van der Waals surface area contributed by atoms with Crippen LogP contribution in [0.1, 0.15) is 0 Å². The second-order valence-corrected chi connectivity index (χ2v) is 14.1. The Bertz CT molecular complexity index is 3030. The van der Waals surface area contributed by atoms with Crippen molar-refractivity contribution in [1.82, 2.24) is 9.97 Å². The lowest BCUT2D eigenvalue weighted by Crippen LogP contribution is -1.91. The van der Waals surface area contributed by atoms with Crippen LogP contribution in [0.5, 0.6) is 0 Å². The van der Waals surface area contributed by atoms with Gasteiger partial charge in [-0.05, 0) is 117 Å². The first-order valence-corrected chi connectivity index (χ1v) is 18.8. The molecule has 0 amide bonds. The molecule has 0 bridgehead atoms. The van der Waals surface area contributed by atoms with Gasteiger partial charge in [0.05, 0.1) is 11.4 Å². The Morgan fingerprint density at radius 3 is 1.12 bits per heavy atom. The van der Waals surface area contributed by atoms with Crippen molar-refractivity contribution >= 4 is 43.9 Å². The fourth-order valence-electron chi connectivity index (χ4n) is 8.18. The summed E-state index contributed by atoms with van der Waals surface area (Å²) in [5.41, 5.74) is 16.3. The third-order valence-electron chi connectivity index (χ3n) is 10.8. The smallest absolute Gasteiger partial charge is 0.136 e. The van der Waals surface area contributed by atoms with E-state index in [1.165, 1.54) is 0 Å². The molecule has 7 aromatic carbocycles. The molecule has 0 unspecified atom stereocenters. The second kappa shape index (κ2) is 13.1. The first-order valence-electron chi connectivity index (χ1n) is 18.8. The Balaban J connectivity index is 1.06. The Kier molecular flexibility index (Phi) is 7.46. The lowest BCUT2D eigenvalue weighted by atomic mass is 9.89. The molecule has 0 aliphatic rings. The molecule has 0 saturated heterocycles. The standard InChI is InChI=1S/C52H32N2O2/c1-2-18-38(34-14-12-16-36(28-34)42-30-46-40-20-4-6-24-50(40)56-52(46)32-44(42)48-22-8-10-26-54-48)37(17-1)33-13-11-15-35(27-33)41-29-45-39-19-3-5-23-49(39)55-51(45)31-43(41)47-21-7-9-25-53-47/h1-32H. The highest BCUT2D eigenvalue weighted by molar-refractivity contribution is 6.10. The summed E-state index contributed by atoms with van der Waals surface area (Å²) in [6, 6.07) is 63.7. The van der Waals surface area contributed by atoms with E-state index in [-0.39, 0.29) is 0 Å². The van der Waals surface area contributed by atoms with Crippen molar-refractivity contribution in [3.63, 3.8) is 0 Å². The van der Waals surface area contributed by atoms with Gasteiger partial charge in [-0.3, -0.25) is 9.97 Å². The Hall–Kier alpha value is -7.56. The molecule has 0 radical (unpaired) electrons. The van der Waals surface area contributed by atoms with Gasteiger partial charge in [0.15, 0.2) is 0 Å². The number of fused-ring (bicyclic) bond motifs is 6. The zero-order valence-corrected chi connectivity index (χ0v) is 30.2. The third kappa shape index (κ3) is 5.39. The van der Waals surface area contributed by atoms with Crippen LogP contribution in [0.25, 0.3) is 111 Å². The molecule has 11 aromatic rings. The van der Waals surface area contributed by atoms with Crippen LogP contribution in [0.3, 0.4) is 0 Å². The molecule has 0 saturated carbocycles. The molecule has 4 heterocycles. The van der Waals surface area contributed by atoms with Crippen LogP contribution in [-0.2, 0) is 0 Å². The summed E-state index contributed by atoms with van der Waals surface area (Å²) < 4.78 is 12.7. The van der Waals surface area contributed by atoms with Gasteiger partial charge in [-0.25, -0.2) is 0 Å². The highest BCUT2D eigenvalue weighted by atomic mass is 16.3. The molecule has 0 spiro atoms. The van der Waals surface area contributed by atoms with Crippen molar-refractivity contribution in [3.05, 3.63) is 194 Å². The van der Waals surface area contributed by atoms with Crippen molar-refractivity contribution in [2.24, 2.45) is 0 Å². The summed E-state index contributed by atoms with van der Waals surface area (Å²) in [5, 5.41) is 4.38. The van der Waals surface area contributed by atoms with E-state index >= 15 is 0 Å². The minimum atomic E-state index is 0.850. The van der Waals surface area contributed by atoms with Crippen LogP contribution in [0.2, 0.25) is 0 Å². The van der Waals surface area contributed by atoms with Gasteiger partial charge in [-0.2, -0.15) is 0 Å². The van der Waals surface area contributed by atoms with E-state index in [2.05, 4.69) is 133 Å². The summed E-state index contributed by atoms with van der Waals surface area (Å²) in [7, 11) is 0. The lowest BCUT2D eigenvalue weighted by Gasteiger charge is -2.15. The quantitative estimate of drug-likeness (QED) is 0.172. The number of aromatic nitrogens is 2. The highest BCUT2D eigenvalue weighted by Crippen LogP contribution is 2.43. The average molecular weight is 717 g/mol. The second-order valence-electron chi connectivity index (χ2n) is 14.1. The first kappa shape index (κ1) is 31.9. The normalized spacial score (nSPS) is 11.6. The molecule has 4 aromatic heterocycles. The number of hydrogen-bond donors (Lipinski definition) is 0. The number of benzene rings is 7. The van der Waals surface area contributed by atoms with E-state index < -0.39 is 0 Å². The molecular weight excluding hydrogens is 685 g/mol. The maximum Gasteiger partial charge on any atom is 0.136 e. The van der Waals surface area contributed by atoms with Crippen LogP contribution in [-0.4, -0.2) is 9.97 Å². The highest BCUT2D eigenvalue weighted by Gasteiger charge is 2.19. The predicted octanol–water partition coefficient (Wildman–Crippen LogP) is 14.3. The predicted molar refractivity (Wildman–Crippen MR) is 229 cm³/mol. The summed E-state index contributed by atoms with van der Waals surface area (Å²) in [6.07, 6.45) is 3.69. The number of hydrogen-bond acceptors (Lipinski definition) is 4. The molecule has 0 aliphatic heterocycles. The summed E-state index contributed by atoms with van der Waals surface area (Å²) in [5.74, 6) is 0. The topological polar surface area (TPSA) is 52.1 Å². The monoisotopic (exact) mass is 716 g/mol. The lowest BCUT2D eigenvalue weighted by molar-refractivity contribution is 0.668. The summed E-state index contributed by atoms with van der Waals surface area (Å²) >= 11 is 0. The van der Waals surface area contributed by atoms with E-state index in [9.17, 15) is 0 Å². The van der Waals surface area contributed by atoms with Crippen LogP contribution >= 0.6 is 0 Å². The minimum Gasteiger partial charge on any atom is -0.456 e. The number of nitrogens with zero attached hydrogens (tertiary/aromatic N) is 2. The third-order valence-corrected chi connectivity index (χ3v) is 10.8. The molecule has 0 fully saturated rings. The minimum absolute atomic E-state index is 0.850. The van der Waals surface area contributed by atoms with Gasteiger partial charge >= 0.3 is 0 Å². The van der Waals surface area contributed by atoms with Crippen LogP contribution in [0, 0.1) is 0 Å². The Morgan fingerprint density at radius 2 is 0.679 bits per heavy atom. The zero-order chi connectivity index (χ0) is 37.0. The van der Waals surface area contributed by atoms with Gasteiger partial charge in [-0.15, -0.1) is 0 Å². The molecule has 262 valence electrons. The molecule has 56 heavy (non-hydrogen) atoms. The maximum atomic E-state index is 6.34. The molecule has 4 nitrogen and oxygen atoms in total. The van der Waals surface area contributed by atoms with E-state index in [1.54, 1.807) is 0 Å². The van der Waals surface area contributed by atoms with E-state index in [0.717, 1.165) is 111 Å². The number of rotatable bonds is 6. The fourth-order valence-corrected chi connectivity index (χ4v) is 8.18. The Labute approximate surface area is 323 Å². The van der Waals surface area contributed by atoms with Crippen molar-refractivity contribution in [2.45, 2.75) is 0 Å². The zero-order valence-electron chi connectivity index (χ0n) is 30.2. The van der Waals surface area contributed by atoms with Gasteiger partial charge in [-0.1, -0.05) is 109 Å². The fraction of sp³-hybridized carbons (Fsp3) is 0. The SMILES string of the molecule is c1ccc(-c2cc3oc4ccccc4c3cc2-c2cccc(-c3ccccc3-c3cccc(-c4cc5c(cc4-c4ccccn4)oc4ccccc45)c3)c2)nc1. The van der Waals surface area contributed by atoms with E-state index in [1.807, 2.05) is 60.9 Å². The number of pyridine rings is 2. The van der Waals surface area contributed by atoms with Crippen LogP contribution in [0.4, 0.5) is 0 Å².